The van der Waals surface area contributed by atoms with Crippen LogP contribution in [0.5, 0.6) is 11.5 Å². The molecule has 2 N–H and O–H groups in total. The first-order chi connectivity index (χ1) is 10.9. The van der Waals surface area contributed by atoms with Crippen molar-refractivity contribution in [3.8, 4) is 11.5 Å². The van der Waals surface area contributed by atoms with Crippen LogP contribution in [0.4, 0.5) is 0 Å². The van der Waals surface area contributed by atoms with Gasteiger partial charge in [0, 0.05) is 5.56 Å². The molecule has 0 saturated heterocycles. The molecule has 0 amide bonds. The van der Waals surface area contributed by atoms with E-state index in [0.29, 0.717) is 6.42 Å². The highest BCUT2D eigenvalue weighted by Gasteiger charge is 2.01. The summed E-state index contributed by atoms with van der Waals surface area (Å²) in [5.74, 6) is 0.431. The average molecular weight is 314 g/mol. The molecule has 0 unspecified atom stereocenters. The van der Waals surface area contributed by atoms with Gasteiger partial charge in [0.2, 0.25) is 0 Å². The van der Waals surface area contributed by atoms with E-state index in [-0.39, 0.29) is 11.5 Å². The smallest absolute Gasteiger partial charge is 0.119 e. The van der Waals surface area contributed by atoms with Crippen molar-refractivity contribution in [2.45, 2.75) is 59.8 Å². The van der Waals surface area contributed by atoms with Crippen LogP contribution < -0.4 is 0 Å². The van der Waals surface area contributed by atoms with E-state index in [1.165, 1.54) is 28.9 Å². The first-order valence-electron chi connectivity index (χ1n) is 8.34. The molecular weight excluding hydrogens is 284 g/mol. The minimum atomic E-state index is 0.193. The predicted octanol–water partition coefficient (Wildman–Crippen LogP) is 6.06. The Balaban J connectivity index is 2.42. The van der Waals surface area contributed by atoms with Crippen LogP contribution in [0.1, 0.15) is 58.9 Å². The molecule has 0 aromatic heterocycles. The van der Waals surface area contributed by atoms with Crippen molar-refractivity contribution in [2.24, 2.45) is 0 Å². The largest absolute Gasteiger partial charge is 0.508 e. The van der Waals surface area contributed by atoms with E-state index in [2.05, 4.69) is 45.9 Å². The lowest BCUT2D eigenvalue weighted by Gasteiger charge is -2.04. The van der Waals surface area contributed by atoms with Gasteiger partial charge in [-0.3, -0.25) is 0 Å². The number of allylic oxidation sites excluding steroid dienone is 6. The van der Waals surface area contributed by atoms with E-state index >= 15 is 0 Å². The lowest BCUT2D eigenvalue weighted by atomic mass is 10.0. The third-order valence-electron chi connectivity index (χ3n) is 3.86. The summed E-state index contributed by atoms with van der Waals surface area (Å²) in [6, 6.07) is 4.65. The van der Waals surface area contributed by atoms with Crippen LogP contribution in [0, 0.1) is 0 Å². The maximum atomic E-state index is 9.76. The second-order valence-corrected chi connectivity index (χ2v) is 6.48. The normalized spacial score (nSPS) is 12.3. The van der Waals surface area contributed by atoms with Gasteiger partial charge < -0.3 is 10.2 Å². The van der Waals surface area contributed by atoms with Crippen LogP contribution in [0.25, 0.3) is 0 Å². The predicted molar refractivity (Wildman–Crippen MR) is 98.9 cm³/mol. The summed E-state index contributed by atoms with van der Waals surface area (Å²) in [4.78, 5) is 0. The van der Waals surface area contributed by atoms with Gasteiger partial charge in [0.1, 0.15) is 11.5 Å². The third-order valence-corrected chi connectivity index (χ3v) is 3.86. The van der Waals surface area contributed by atoms with Gasteiger partial charge >= 0.3 is 0 Å². The maximum absolute atomic E-state index is 9.76. The zero-order chi connectivity index (χ0) is 17.2. The quantitative estimate of drug-likeness (QED) is 0.452. The van der Waals surface area contributed by atoms with E-state index < -0.39 is 0 Å². The fourth-order valence-corrected chi connectivity index (χ4v) is 2.36. The van der Waals surface area contributed by atoms with Crippen molar-refractivity contribution in [1.29, 1.82) is 0 Å². The summed E-state index contributed by atoms with van der Waals surface area (Å²) in [6.45, 7) is 8.59. The third kappa shape index (κ3) is 8.29. The molecular formula is C21H30O2. The Hall–Kier alpha value is -1.96. The molecule has 2 nitrogen and oxygen atoms in total. The monoisotopic (exact) mass is 314 g/mol. The second kappa shape index (κ2) is 9.94. The highest BCUT2D eigenvalue weighted by Crippen LogP contribution is 2.23. The second-order valence-electron chi connectivity index (χ2n) is 6.48. The van der Waals surface area contributed by atoms with Crippen LogP contribution in [-0.2, 0) is 6.42 Å². The minimum Gasteiger partial charge on any atom is -0.508 e. The molecule has 0 bridgehead atoms. The Morgan fingerprint density at radius 1 is 0.870 bits per heavy atom. The molecule has 1 aromatic carbocycles. The van der Waals surface area contributed by atoms with Crippen molar-refractivity contribution < 1.29 is 10.2 Å². The van der Waals surface area contributed by atoms with Crippen molar-refractivity contribution >= 4 is 0 Å². The first-order valence-corrected chi connectivity index (χ1v) is 8.34. The van der Waals surface area contributed by atoms with Crippen LogP contribution in [-0.4, -0.2) is 10.2 Å². The van der Waals surface area contributed by atoms with E-state index in [4.69, 9.17) is 0 Å². The van der Waals surface area contributed by atoms with Crippen molar-refractivity contribution in [1.82, 2.24) is 0 Å². The Labute approximate surface area is 140 Å². The zero-order valence-electron chi connectivity index (χ0n) is 14.9. The lowest BCUT2D eigenvalue weighted by Crippen LogP contribution is -1.85. The molecule has 0 fully saturated rings. The fraction of sp³-hybridized carbons (Fsp3) is 0.429. The molecule has 0 atom stereocenters. The molecule has 0 aliphatic heterocycles. The molecule has 0 aliphatic rings. The Morgan fingerprint density at radius 2 is 1.48 bits per heavy atom. The molecule has 2 heteroatoms. The number of rotatable bonds is 8. The average Bonchev–Trinajstić information content (AvgIpc) is 2.48. The van der Waals surface area contributed by atoms with Gasteiger partial charge in [-0.25, -0.2) is 0 Å². The van der Waals surface area contributed by atoms with Crippen molar-refractivity contribution in [2.75, 3.05) is 0 Å². The topological polar surface area (TPSA) is 40.5 Å². The number of phenols is 2. The standard InChI is InChI=1S/C21H30O2/c1-16(2)7-5-8-17(3)9-6-10-18(4)11-12-19-15-20(22)13-14-21(19)23/h7,9,11,13-15,22-23H,5-6,8,10,12H2,1-4H3/b17-9+,18-11+. The fourth-order valence-electron chi connectivity index (χ4n) is 2.36. The number of aromatic hydroxyl groups is 2. The summed E-state index contributed by atoms with van der Waals surface area (Å²) in [5, 5.41) is 19.2. The van der Waals surface area contributed by atoms with Crippen molar-refractivity contribution in [3.05, 3.63) is 58.7 Å². The van der Waals surface area contributed by atoms with E-state index in [1.54, 1.807) is 6.07 Å². The van der Waals surface area contributed by atoms with E-state index in [1.807, 2.05) is 0 Å². The summed E-state index contributed by atoms with van der Waals surface area (Å²) in [6.07, 6.45) is 11.7. The number of hydrogen-bond acceptors (Lipinski definition) is 2. The van der Waals surface area contributed by atoms with Gasteiger partial charge in [-0.05, 0) is 78.0 Å². The summed E-state index contributed by atoms with van der Waals surface area (Å²) < 4.78 is 0. The summed E-state index contributed by atoms with van der Waals surface area (Å²) in [5.41, 5.74) is 4.89. The Morgan fingerprint density at radius 3 is 2.13 bits per heavy atom. The summed E-state index contributed by atoms with van der Waals surface area (Å²) >= 11 is 0. The van der Waals surface area contributed by atoms with Crippen molar-refractivity contribution in [3.63, 3.8) is 0 Å². The van der Waals surface area contributed by atoms with Gasteiger partial charge in [-0.2, -0.15) is 0 Å². The summed E-state index contributed by atoms with van der Waals surface area (Å²) in [7, 11) is 0. The van der Waals surface area contributed by atoms with Gasteiger partial charge in [0.05, 0.1) is 0 Å². The molecule has 0 aliphatic carbocycles. The SMILES string of the molecule is CC(C)=CCC/C(C)=C/CC/C(C)=C/Cc1cc(O)ccc1O. The minimum absolute atomic E-state index is 0.193. The van der Waals surface area contributed by atoms with Crippen LogP contribution in [0.3, 0.4) is 0 Å². The highest BCUT2D eigenvalue weighted by atomic mass is 16.3. The van der Waals surface area contributed by atoms with Crippen LogP contribution in [0.15, 0.2) is 53.1 Å². The number of phenolic OH excluding ortho intramolecular Hbond substituents is 2. The molecule has 1 aromatic rings. The zero-order valence-corrected chi connectivity index (χ0v) is 14.9. The Kier molecular flexibility index (Phi) is 8.25. The Bertz CT molecular complexity index is 588. The van der Waals surface area contributed by atoms with Crippen LogP contribution >= 0.6 is 0 Å². The molecule has 126 valence electrons. The van der Waals surface area contributed by atoms with Gasteiger partial charge in [-0.1, -0.05) is 34.9 Å². The molecule has 0 heterocycles. The van der Waals surface area contributed by atoms with E-state index in [0.717, 1.165) is 31.2 Å². The molecule has 1 rings (SSSR count). The molecule has 23 heavy (non-hydrogen) atoms. The molecule has 0 saturated carbocycles. The van der Waals surface area contributed by atoms with E-state index in [9.17, 15) is 10.2 Å². The first kappa shape index (κ1) is 19.1. The highest BCUT2D eigenvalue weighted by molar-refractivity contribution is 5.39. The van der Waals surface area contributed by atoms with Gasteiger partial charge in [0.25, 0.3) is 0 Å². The molecule has 0 radical (unpaired) electrons. The van der Waals surface area contributed by atoms with Gasteiger partial charge in [-0.15, -0.1) is 0 Å². The van der Waals surface area contributed by atoms with Crippen LogP contribution in [0.2, 0.25) is 0 Å². The number of benzene rings is 1. The van der Waals surface area contributed by atoms with Gasteiger partial charge in [0.15, 0.2) is 0 Å². The number of hydrogen-bond donors (Lipinski definition) is 2. The lowest BCUT2D eigenvalue weighted by molar-refractivity contribution is 0.455. The molecule has 0 spiro atoms. The maximum Gasteiger partial charge on any atom is 0.119 e.